The van der Waals surface area contributed by atoms with Crippen molar-refractivity contribution in [3.63, 3.8) is 0 Å². The lowest BCUT2D eigenvalue weighted by Crippen LogP contribution is -2.30. The predicted octanol–water partition coefficient (Wildman–Crippen LogP) is 4.59. The molecule has 142 valence electrons. The van der Waals surface area contributed by atoms with Crippen molar-refractivity contribution in [2.45, 2.75) is 53.6 Å². The number of hydrogen-bond acceptors (Lipinski definition) is 4. The van der Waals surface area contributed by atoms with Crippen LogP contribution in [0, 0.1) is 5.41 Å². The van der Waals surface area contributed by atoms with Crippen LogP contribution in [0.25, 0.3) is 10.9 Å². The second kappa shape index (κ2) is 6.95. The van der Waals surface area contributed by atoms with E-state index < -0.39 is 0 Å². The van der Waals surface area contributed by atoms with Crippen LogP contribution in [0.1, 0.15) is 53.1 Å². The summed E-state index contributed by atoms with van der Waals surface area (Å²) in [6.45, 7) is 14.8. The molecule has 5 heteroatoms. The number of ether oxygens (including phenoxy) is 1. The number of aliphatic imine (C=N–C) groups is 1. The van der Waals surface area contributed by atoms with Crippen LogP contribution in [0.5, 0.6) is 5.88 Å². The lowest BCUT2D eigenvalue weighted by Gasteiger charge is -2.29. The minimum absolute atomic E-state index is 0.156. The van der Waals surface area contributed by atoms with Crippen molar-refractivity contribution < 1.29 is 9.84 Å². The summed E-state index contributed by atoms with van der Waals surface area (Å²) in [5.74, 6) is 0.278. The SMILES string of the molecule is CC(C)n1c(O)c(C2=NCCOC2)c2cc(NC(C)C(C)(C)C)ccc21. The molecule has 0 bridgehead atoms. The van der Waals surface area contributed by atoms with Crippen molar-refractivity contribution in [3.8, 4) is 5.88 Å². The highest BCUT2D eigenvalue weighted by atomic mass is 16.5. The second-order valence-corrected chi connectivity index (χ2v) is 8.51. The Labute approximate surface area is 156 Å². The van der Waals surface area contributed by atoms with Gasteiger partial charge in [-0.05, 0) is 44.4 Å². The highest BCUT2D eigenvalue weighted by molar-refractivity contribution is 6.14. The summed E-state index contributed by atoms with van der Waals surface area (Å²) in [7, 11) is 0. The van der Waals surface area contributed by atoms with E-state index in [1.165, 1.54) is 0 Å². The molecule has 1 aliphatic rings. The second-order valence-electron chi connectivity index (χ2n) is 8.51. The van der Waals surface area contributed by atoms with Gasteiger partial charge in [0, 0.05) is 23.2 Å². The maximum atomic E-state index is 10.9. The van der Waals surface area contributed by atoms with Crippen LogP contribution in [0.3, 0.4) is 0 Å². The van der Waals surface area contributed by atoms with Gasteiger partial charge in [-0.2, -0.15) is 0 Å². The zero-order chi connectivity index (χ0) is 19.1. The number of rotatable bonds is 4. The normalized spacial score (nSPS) is 16.8. The summed E-state index contributed by atoms with van der Waals surface area (Å²) < 4.78 is 7.55. The molecule has 0 saturated carbocycles. The van der Waals surface area contributed by atoms with Gasteiger partial charge in [0.2, 0.25) is 5.88 Å². The van der Waals surface area contributed by atoms with Gasteiger partial charge in [0.15, 0.2) is 0 Å². The molecule has 0 spiro atoms. The molecule has 0 fully saturated rings. The molecule has 2 heterocycles. The fourth-order valence-electron chi connectivity index (χ4n) is 3.28. The van der Waals surface area contributed by atoms with Crippen LogP contribution >= 0.6 is 0 Å². The molecule has 1 aromatic carbocycles. The van der Waals surface area contributed by atoms with Crippen molar-refractivity contribution in [1.82, 2.24) is 4.57 Å². The molecular formula is C21H31N3O2. The summed E-state index contributed by atoms with van der Waals surface area (Å²) in [5.41, 5.74) is 3.87. The van der Waals surface area contributed by atoms with Crippen LogP contribution in [0.4, 0.5) is 5.69 Å². The highest BCUT2D eigenvalue weighted by Crippen LogP contribution is 2.37. The molecule has 0 amide bonds. The van der Waals surface area contributed by atoms with Crippen molar-refractivity contribution in [1.29, 1.82) is 0 Å². The van der Waals surface area contributed by atoms with E-state index in [0.717, 1.165) is 27.9 Å². The van der Waals surface area contributed by atoms with Crippen molar-refractivity contribution >= 4 is 22.3 Å². The van der Waals surface area contributed by atoms with E-state index in [4.69, 9.17) is 4.74 Å². The van der Waals surface area contributed by atoms with Gasteiger partial charge in [-0.1, -0.05) is 20.8 Å². The van der Waals surface area contributed by atoms with Crippen LogP contribution in [0.2, 0.25) is 0 Å². The monoisotopic (exact) mass is 357 g/mol. The van der Waals surface area contributed by atoms with Crippen LogP contribution in [-0.2, 0) is 4.74 Å². The fraction of sp³-hybridized carbons (Fsp3) is 0.571. The van der Waals surface area contributed by atoms with Gasteiger partial charge in [-0.15, -0.1) is 0 Å². The Morgan fingerprint density at radius 1 is 1.23 bits per heavy atom. The van der Waals surface area contributed by atoms with E-state index in [9.17, 15) is 5.11 Å². The Kier molecular flexibility index (Phi) is 5.02. The molecule has 2 aromatic rings. The Balaban J connectivity index is 2.13. The number of hydrogen-bond donors (Lipinski definition) is 2. The first-order valence-electron chi connectivity index (χ1n) is 9.45. The van der Waals surface area contributed by atoms with Crippen molar-refractivity contribution in [3.05, 3.63) is 23.8 Å². The molecular weight excluding hydrogens is 326 g/mol. The molecule has 5 nitrogen and oxygen atoms in total. The van der Waals surface area contributed by atoms with Gasteiger partial charge < -0.3 is 19.7 Å². The largest absolute Gasteiger partial charge is 0.494 e. The quantitative estimate of drug-likeness (QED) is 0.841. The number of aromatic hydroxyl groups is 1. The van der Waals surface area contributed by atoms with Gasteiger partial charge in [0.25, 0.3) is 0 Å². The first kappa shape index (κ1) is 18.8. The van der Waals surface area contributed by atoms with Gasteiger partial charge in [0.05, 0.1) is 36.6 Å². The zero-order valence-electron chi connectivity index (χ0n) is 16.8. The Hall–Kier alpha value is -2.01. The third-order valence-corrected chi connectivity index (χ3v) is 5.24. The third kappa shape index (κ3) is 3.45. The van der Waals surface area contributed by atoms with Gasteiger partial charge in [-0.25, -0.2) is 0 Å². The summed E-state index contributed by atoms with van der Waals surface area (Å²) in [4.78, 5) is 4.61. The lowest BCUT2D eigenvalue weighted by molar-refractivity contribution is 0.171. The molecule has 3 rings (SSSR count). The van der Waals surface area contributed by atoms with E-state index in [0.29, 0.717) is 25.8 Å². The lowest BCUT2D eigenvalue weighted by atomic mass is 9.88. The maximum absolute atomic E-state index is 10.9. The number of aromatic nitrogens is 1. The number of nitrogens with zero attached hydrogens (tertiary/aromatic N) is 2. The predicted molar refractivity (Wildman–Crippen MR) is 109 cm³/mol. The Bertz CT molecular complexity index is 828. The minimum Gasteiger partial charge on any atom is -0.494 e. The first-order chi connectivity index (χ1) is 12.2. The van der Waals surface area contributed by atoms with Crippen molar-refractivity contribution in [2.24, 2.45) is 10.4 Å². The third-order valence-electron chi connectivity index (χ3n) is 5.24. The number of fused-ring (bicyclic) bond motifs is 1. The summed E-state index contributed by atoms with van der Waals surface area (Å²) >= 11 is 0. The fourth-order valence-corrected chi connectivity index (χ4v) is 3.28. The van der Waals surface area contributed by atoms with E-state index >= 15 is 0 Å². The number of anilines is 1. The number of benzene rings is 1. The van der Waals surface area contributed by atoms with Gasteiger partial charge in [0.1, 0.15) is 0 Å². The number of nitrogens with one attached hydrogen (secondary N) is 1. The van der Waals surface area contributed by atoms with E-state index in [-0.39, 0.29) is 17.3 Å². The van der Waals surface area contributed by atoms with Crippen LogP contribution in [-0.4, -0.2) is 41.2 Å². The molecule has 26 heavy (non-hydrogen) atoms. The topological polar surface area (TPSA) is 58.8 Å². The molecule has 1 aliphatic heterocycles. The summed E-state index contributed by atoms with van der Waals surface area (Å²) in [6.07, 6.45) is 0. The first-order valence-corrected chi connectivity index (χ1v) is 9.45. The summed E-state index contributed by atoms with van der Waals surface area (Å²) in [6, 6.07) is 6.78. The Morgan fingerprint density at radius 3 is 2.54 bits per heavy atom. The van der Waals surface area contributed by atoms with E-state index in [2.05, 4.69) is 70.1 Å². The minimum atomic E-state index is 0.156. The standard InChI is InChI=1S/C21H31N3O2/c1-13(2)24-18-8-7-15(23-14(3)21(4,5)6)11-16(18)19(20(24)25)17-12-26-10-9-22-17/h7-8,11,13-14,23,25H,9-10,12H2,1-6H3. The van der Waals surface area contributed by atoms with Gasteiger partial charge >= 0.3 is 0 Å². The molecule has 0 saturated heterocycles. The Morgan fingerprint density at radius 2 is 1.96 bits per heavy atom. The molecule has 1 atom stereocenters. The molecule has 1 aromatic heterocycles. The van der Waals surface area contributed by atoms with Crippen LogP contribution in [0.15, 0.2) is 23.2 Å². The van der Waals surface area contributed by atoms with Gasteiger partial charge in [-0.3, -0.25) is 4.99 Å². The van der Waals surface area contributed by atoms with Crippen molar-refractivity contribution in [2.75, 3.05) is 25.1 Å². The zero-order valence-corrected chi connectivity index (χ0v) is 16.8. The maximum Gasteiger partial charge on any atom is 0.201 e. The smallest absolute Gasteiger partial charge is 0.201 e. The molecule has 2 N–H and O–H groups in total. The average Bonchev–Trinajstić information content (AvgIpc) is 2.86. The van der Waals surface area contributed by atoms with E-state index in [1.54, 1.807) is 0 Å². The average molecular weight is 357 g/mol. The summed E-state index contributed by atoms with van der Waals surface area (Å²) in [5, 5.41) is 15.6. The molecule has 1 unspecified atom stereocenters. The van der Waals surface area contributed by atoms with E-state index in [1.807, 2.05) is 4.57 Å². The highest BCUT2D eigenvalue weighted by Gasteiger charge is 2.25. The molecule has 0 radical (unpaired) electrons. The molecule has 0 aliphatic carbocycles. The van der Waals surface area contributed by atoms with Crippen LogP contribution < -0.4 is 5.32 Å².